The van der Waals surface area contributed by atoms with E-state index < -0.39 is 21.0 Å². The largest absolute Gasteiger partial charge is 0.438 e. The van der Waals surface area contributed by atoms with Crippen molar-refractivity contribution in [2.45, 2.75) is 11.5 Å². The van der Waals surface area contributed by atoms with Gasteiger partial charge in [0.25, 0.3) is 15.9 Å². The molecule has 1 aromatic carbocycles. The summed E-state index contributed by atoms with van der Waals surface area (Å²) in [6.45, 7) is 4.42. The van der Waals surface area contributed by atoms with E-state index in [4.69, 9.17) is 9.56 Å². The molecule has 0 fully saturated rings. The zero-order chi connectivity index (χ0) is 16.9. The summed E-state index contributed by atoms with van der Waals surface area (Å²) in [6.07, 6.45) is 2.27. The highest BCUT2D eigenvalue weighted by atomic mass is 32.2. The number of furan rings is 1. The van der Waals surface area contributed by atoms with E-state index in [1.54, 1.807) is 6.08 Å². The number of rotatable bonds is 7. The Bertz CT molecular complexity index is 781. The van der Waals surface area contributed by atoms with Crippen molar-refractivity contribution in [1.29, 1.82) is 0 Å². The molecule has 0 atom stereocenters. The van der Waals surface area contributed by atoms with E-state index in [2.05, 4.69) is 6.58 Å². The number of carbonyl (C=O) groups excluding carboxylic acids is 1. The van der Waals surface area contributed by atoms with Crippen LogP contribution in [0.3, 0.4) is 0 Å². The first kappa shape index (κ1) is 17.0. The Labute approximate surface area is 135 Å². The Balaban J connectivity index is 2.11. The van der Waals surface area contributed by atoms with Gasteiger partial charge in [-0.3, -0.25) is 4.79 Å². The molecule has 0 aliphatic rings. The lowest BCUT2D eigenvalue weighted by Crippen LogP contribution is -2.32. The SMILES string of the molecule is C=CCN(CCc1ccccc1)C(=O)c1ccc(S(N)(=O)=O)o1. The Morgan fingerprint density at radius 1 is 1.22 bits per heavy atom. The van der Waals surface area contributed by atoms with Gasteiger partial charge in [0.05, 0.1) is 0 Å². The van der Waals surface area contributed by atoms with E-state index in [9.17, 15) is 13.2 Å². The highest BCUT2D eigenvalue weighted by Gasteiger charge is 2.21. The van der Waals surface area contributed by atoms with Crippen molar-refractivity contribution in [3.05, 3.63) is 66.4 Å². The Kier molecular flexibility index (Phi) is 5.36. The molecule has 0 unspecified atom stereocenters. The molecule has 1 heterocycles. The van der Waals surface area contributed by atoms with Crippen molar-refractivity contribution < 1.29 is 17.6 Å². The Hall–Kier alpha value is -2.38. The second-order valence-electron chi connectivity index (χ2n) is 4.94. The van der Waals surface area contributed by atoms with Crippen molar-refractivity contribution in [3.63, 3.8) is 0 Å². The first-order valence-electron chi connectivity index (χ1n) is 6.98. The van der Waals surface area contributed by atoms with Gasteiger partial charge in [0.1, 0.15) is 0 Å². The first-order chi connectivity index (χ1) is 10.9. The van der Waals surface area contributed by atoms with Crippen LogP contribution in [-0.2, 0) is 16.4 Å². The van der Waals surface area contributed by atoms with Gasteiger partial charge in [-0.25, -0.2) is 13.6 Å². The smallest absolute Gasteiger partial charge is 0.289 e. The van der Waals surface area contributed by atoms with Gasteiger partial charge in [-0.2, -0.15) is 0 Å². The van der Waals surface area contributed by atoms with Crippen molar-refractivity contribution in [2.24, 2.45) is 5.14 Å². The third-order valence-corrected chi connectivity index (χ3v) is 4.00. The molecular formula is C16H18N2O4S. The van der Waals surface area contributed by atoms with Crippen LogP contribution >= 0.6 is 0 Å². The first-order valence-corrected chi connectivity index (χ1v) is 8.53. The maximum absolute atomic E-state index is 12.4. The molecule has 2 rings (SSSR count). The Morgan fingerprint density at radius 2 is 1.91 bits per heavy atom. The minimum Gasteiger partial charge on any atom is -0.438 e. The number of amides is 1. The van der Waals surface area contributed by atoms with E-state index >= 15 is 0 Å². The standard InChI is InChI=1S/C16H18N2O4S/c1-2-11-18(12-10-13-6-4-3-5-7-13)16(19)14-8-9-15(22-14)23(17,20)21/h2-9H,1,10-12H2,(H2,17,20,21). The molecule has 0 spiro atoms. The third-order valence-electron chi connectivity index (χ3n) is 3.22. The van der Waals surface area contributed by atoms with Gasteiger partial charge in [-0.15, -0.1) is 6.58 Å². The lowest BCUT2D eigenvalue weighted by molar-refractivity contribution is 0.0738. The second kappa shape index (κ2) is 7.26. The van der Waals surface area contributed by atoms with Crippen LogP contribution in [0.1, 0.15) is 16.1 Å². The summed E-state index contributed by atoms with van der Waals surface area (Å²) in [6, 6.07) is 12.2. The van der Waals surface area contributed by atoms with Crippen LogP contribution < -0.4 is 5.14 Å². The molecule has 2 aromatic rings. The number of hydrogen-bond acceptors (Lipinski definition) is 4. The molecule has 1 amide bonds. The fourth-order valence-electron chi connectivity index (χ4n) is 2.08. The minimum atomic E-state index is -3.97. The van der Waals surface area contributed by atoms with Gasteiger partial charge in [-0.05, 0) is 24.1 Å². The number of benzene rings is 1. The molecule has 7 heteroatoms. The van der Waals surface area contributed by atoms with Crippen LogP contribution in [0.25, 0.3) is 0 Å². The molecule has 0 aliphatic carbocycles. The predicted molar refractivity (Wildman–Crippen MR) is 86.3 cm³/mol. The monoisotopic (exact) mass is 334 g/mol. The normalized spacial score (nSPS) is 11.2. The van der Waals surface area contributed by atoms with Crippen molar-refractivity contribution >= 4 is 15.9 Å². The maximum Gasteiger partial charge on any atom is 0.289 e. The van der Waals surface area contributed by atoms with E-state index in [-0.39, 0.29) is 5.76 Å². The molecular weight excluding hydrogens is 316 g/mol. The van der Waals surface area contributed by atoms with Crippen LogP contribution in [0.2, 0.25) is 0 Å². The number of primary sulfonamides is 1. The summed E-state index contributed by atoms with van der Waals surface area (Å²) in [4.78, 5) is 14.0. The van der Waals surface area contributed by atoms with Crippen molar-refractivity contribution in [3.8, 4) is 0 Å². The minimum absolute atomic E-state index is 0.0658. The Morgan fingerprint density at radius 3 is 2.48 bits per heavy atom. The highest BCUT2D eigenvalue weighted by molar-refractivity contribution is 7.89. The number of hydrogen-bond donors (Lipinski definition) is 1. The topological polar surface area (TPSA) is 93.6 Å². The summed E-state index contributed by atoms with van der Waals surface area (Å²) in [5.41, 5.74) is 1.10. The molecule has 23 heavy (non-hydrogen) atoms. The molecule has 122 valence electrons. The van der Waals surface area contributed by atoms with Crippen LogP contribution in [0, 0.1) is 0 Å². The summed E-state index contributed by atoms with van der Waals surface area (Å²) in [5.74, 6) is -0.473. The summed E-state index contributed by atoms with van der Waals surface area (Å²) < 4.78 is 27.5. The van der Waals surface area contributed by atoms with E-state index in [0.717, 1.165) is 5.56 Å². The zero-order valence-electron chi connectivity index (χ0n) is 12.5. The summed E-state index contributed by atoms with van der Waals surface area (Å²) in [7, 11) is -3.97. The van der Waals surface area contributed by atoms with Gasteiger partial charge in [0, 0.05) is 13.1 Å². The molecule has 0 radical (unpaired) electrons. The highest BCUT2D eigenvalue weighted by Crippen LogP contribution is 2.15. The molecule has 0 saturated heterocycles. The third kappa shape index (κ3) is 4.54. The molecule has 6 nitrogen and oxygen atoms in total. The molecule has 0 aliphatic heterocycles. The average molecular weight is 334 g/mol. The molecule has 0 saturated carbocycles. The fraction of sp³-hybridized carbons (Fsp3) is 0.188. The van der Waals surface area contributed by atoms with Crippen LogP contribution in [0.4, 0.5) is 0 Å². The second-order valence-corrected chi connectivity index (χ2v) is 6.43. The molecule has 1 aromatic heterocycles. The van der Waals surface area contributed by atoms with Gasteiger partial charge < -0.3 is 9.32 Å². The van der Waals surface area contributed by atoms with E-state index in [0.29, 0.717) is 19.5 Å². The van der Waals surface area contributed by atoms with E-state index in [1.165, 1.54) is 17.0 Å². The van der Waals surface area contributed by atoms with Crippen LogP contribution in [0.15, 0.2) is 64.6 Å². The zero-order valence-corrected chi connectivity index (χ0v) is 13.3. The fourth-order valence-corrected chi connectivity index (χ4v) is 2.55. The summed E-state index contributed by atoms with van der Waals surface area (Å²) in [5, 5.41) is 4.55. The number of carbonyl (C=O) groups is 1. The number of nitrogens with two attached hydrogens (primary N) is 1. The quantitative estimate of drug-likeness (QED) is 0.781. The van der Waals surface area contributed by atoms with Crippen molar-refractivity contribution in [2.75, 3.05) is 13.1 Å². The number of nitrogens with zero attached hydrogens (tertiary/aromatic N) is 1. The van der Waals surface area contributed by atoms with Gasteiger partial charge in [0.2, 0.25) is 5.09 Å². The lowest BCUT2D eigenvalue weighted by atomic mass is 10.1. The average Bonchev–Trinajstić information content (AvgIpc) is 3.02. The lowest BCUT2D eigenvalue weighted by Gasteiger charge is -2.19. The van der Waals surface area contributed by atoms with Gasteiger partial charge in [0.15, 0.2) is 5.76 Å². The van der Waals surface area contributed by atoms with E-state index in [1.807, 2.05) is 30.3 Å². The van der Waals surface area contributed by atoms with Gasteiger partial charge in [-0.1, -0.05) is 36.4 Å². The molecule has 0 bridgehead atoms. The summed E-state index contributed by atoms with van der Waals surface area (Å²) >= 11 is 0. The van der Waals surface area contributed by atoms with Gasteiger partial charge >= 0.3 is 0 Å². The van der Waals surface area contributed by atoms with Crippen LogP contribution in [-0.4, -0.2) is 32.3 Å². The number of sulfonamides is 1. The molecule has 2 N–H and O–H groups in total. The van der Waals surface area contributed by atoms with Crippen LogP contribution in [0.5, 0.6) is 0 Å². The predicted octanol–water partition coefficient (Wildman–Crippen LogP) is 1.80. The maximum atomic E-state index is 12.4. The van der Waals surface area contributed by atoms with Crippen molar-refractivity contribution in [1.82, 2.24) is 4.90 Å².